The van der Waals surface area contributed by atoms with Crippen molar-refractivity contribution >= 4 is 11.8 Å². The minimum atomic E-state index is -0.899. The van der Waals surface area contributed by atoms with Crippen molar-refractivity contribution in [1.29, 1.82) is 0 Å². The van der Waals surface area contributed by atoms with Gasteiger partial charge in [0, 0.05) is 12.5 Å². The van der Waals surface area contributed by atoms with Crippen LogP contribution in [-0.4, -0.2) is 39.4 Å². The van der Waals surface area contributed by atoms with Crippen LogP contribution >= 0.6 is 0 Å². The lowest BCUT2D eigenvalue weighted by Gasteiger charge is -2.41. The Morgan fingerprint density at radius 3 is 2.54 bits per heavy atom. The van der Waals surface area contributed by atoms with Gasteiger partial charge in [-0.1, -0.05) is 49.6 Å². The maximum atomic E-state index is 13.1. The molecule has 5 heteroatoms. The van der Waals surface area contributed by atoms with Crippen LogP contribution in [0.3, 0.4) is 0 Å². The Bertz CT molecular complexity index is 642. The van der Waals surface area contributed by atoms with Crippen LogP contribution in [0.4, 0.5) is 0 Å². The number of nitrogens with zero attached hydrogens (tertiary/aromatic N) is 1. The number of aliphatic hydroxyl groups excluding tert-OH is 1. The van der Waals surface area contributed by atoms with Crippen molar-refractivity contribution in [2.75, 3.05) is 0 Å². The highest BCUT2D eigenvalue weighted by molar-refractivity contribution is 5.94. The van der Waals surface area contributed by atoms with E-state index in [4.69, 9.17) is 0 Å². The van der Waals surface area contributed by atoms with E-state index in [1.807, 2.05) is 44.2 Å². The van der Waals surface area contributed by atoms with Gasteiger partial charge in [-0.3, -0.25) is 9.59 Å². The quantitative estimate of drug-likeness (QED) is 0.850. The normalized spacial score (nSPS) is 26.6. The molecule has 1 aromatic rings. The van der Waals surface area contributed by atoms with Gasteiger partial charge in [0.1, 0.15) is 5.54 Å². The number of aliphatic hydroxyl groups is 1. The molecule has 3 rings (SSSR count). The predicted molar refractivity (Wildman–Crippen MR) is 100 cm³/mol. The summed E-state index contributed by atoms with van der Waals surface area (Å²) in [5, 5.41) is 13.9. The standard InChI is InChI=1S/C21H30N2O3/c1-15(19(25)16-9-5-3-6-10-16)23-18(24)13-14-21(23,2)20(26)22-17-11-7-4-8-12-17/h3,5-6,9-10,15,17,19,25H,4,7-8,11-14H2,1-2H3,(H,22,26)/t15-,19-,21?/m0/s1. The summed E-state index contributed by atoms with van der Waals surface area (Å²) in [7, 11) is 0. The molecule has 1 aliphatic heterocycles. The Morgan fingerprint density at radius 2 is 1.88 bits per heavy atom. The van der Waals surface area contributed by atoms with Crippen molar-refractivity contribution < 1.29 is 14.7 Å². The summed E-state index contributed by atoms with van der Waals surface area (Å²) in [6.45, 7) is 3.66. The summed E-state index contributed by atoms with van der Waals surface area (Å²) in [6.07, 6.45) is 5.57. The molecule has 0 aromatic heterocycles. The molecule has 2 aliphatic rings. The van der Waals surface area contributed by atoms with Gasteiger partial charge in [-0.25, -0.2) is 0 Å². The average Bonchev–Trinajstić information content (AvgIpc) is 2.98. The lowest BCUT2D eigenvalue weighted by molar-refractivity contribution is -0.146. The summed E-state index contributed by atoms with van der Waals surface area (Å²) >= 11 is 0. The van der Waals surface area contributed by atoms with Gasteiger partial charge in [-0.15, -0.1) is 0 Å². The molecule has 142 valence electrons. The SMILES string of the molecule is C[C@@H]([C@H](O)c1ccccc1)N1C(=O)CCC1(C)C(=O)NC1CCCCC1. The Labute approximate surface area is 155 Å². The second-order valence-electron chi connectivity index (χ2n) is 7.94. The highest BCUT2D eigenvalue weighted by Crippen LogP contribution is 2.36. The van der Waals surface area contributed by atoms with E-state index in [0.29, 0.717) is 12.8 Å². The molecule has 1 aliphatic carbocycles. The highest BCUT2D eigenvalue weighted by atomic mass is 16.3. The molecule has 5 nitrogen and oxygen atoms in total. The van der Waals surface area contributed by atoms with Crippen LogP contribution in [-0.2, 0) is 9.59 Å². The van der Waals surface area contributed by atoms with Crippen LogP contribution in [0.5, 0.6) is 0 Å². The summed E-state index contributed by atoms with van der Waals surface area (Å²) in [6, 6.07) is 9.07. The number of rotatable bonds is 5. The first-order chi connectivity index (χ1) is 12.4. The van der Waals surface area contributed by atoms with Crippen molar-refractivity contribution in [3.63, 3.8) is 0 Å². The molecule has 1 aromatic carbocycles. The van der Waals surface area contributed by atoms with Gasteiger partial charge < -0.3 is 15.3 Å². The molecule has 0 bridgehead atoms. The van der Waals surface area contributed by atoms with Crippen LogP contribution in [0.1, 0.15) is 70.5 Å². The van der Waals surface area contributed by atoms with Gasteiger partial charge >= 0.3 is 0 Å². The molecule has 2 N–H and O–H groups in total. The van der Waals surface area contributed by atoms with Crippen molar-refractivity contribution in [2.24, 2.45) is 0 Å². The molecule has 26 heavy (non-hydrogen) atoms. The zero-order chi connectivity index (χ0) is 18.7. The average molecular weight is 358 g/mol. The Hall–Kier alpha value is -1.88. The van der Waals surface area contributed by atoms with Crippen LogP contribution in [0.25, 0.3) is 0 Å². The Balaban J connectivity index is 1.77. The van der Waals surface area contributed by atoms with E-state index >= 15 is 0 Å². The van der Waals surface area contributed by atoms with Gasteiger partial charge in [0.2, 0.25) is 11.8 Å². The summed E-state index contributed by atoms with van der Waals surface area (Å²) in [5.74, 6) is -0.142. The van der Waals surface area contributed by atoms with Gasteiger partial charge in [-0.2, -0.15) is 0 Å². The minimum absolute atomic E-state index is 0.0613. The van der Waals surface area contributed by atoms with E-state index in [0.717, 1.165) is 31.2 Å². The third-order valence-corrected chi connectivity index (χ3v) is 6.06. The second kappa shape index (κ2) is 7.78. The number of nitrogens with one attached hydrogen (secondary N) is 1. The van der Waals surface area contributed by atoms with E-state index < -0.39 is 17.7 Å². The van der Waals surface area contributed by atoms with E-state index in [9.17, 15) is 14.7 Å². The molecule has 1 saturated heterocycles. The summed E-state index contributed by atoms with van der Waals surface area (Å²) in [4.78, 5) is 27.3. The number of hydrogen-bond acceptors (Lipinski definition) is 3. The molecule has 2 amide bonds. The van der Waals surface area contributed by atoms with Gasteiger partial charge in [-0.05, 0) is 38.7 Å². The number of amides is 2. The third-order valence-electron chi connectivity index (χ3n) is 6.06. The first kappa shape index (κ1) is 18.9. The Morgan fingerprint density at radius 1 is 1.23 bits per heavy atom. The van der Waals surface area contributed by atoms with E-state index in [-0.39, 0.29) is 17.9 Å². The molecular formula is C21H30N2O3. The minimum Gasteiger partial charge on any atom is -0.386 e. The molecular weight excluding hydrogens is 328 g/mol. The summed E-state index contributed by atoms with van der Waals surface area (Å²) in [5.41, 5.74) is -0.140. The lowest BCUT2D eigenvalue weighted by atomic mass is 9.91. The highest BCUT2D eigenvalue weighted by Gasteiger charge is 2.50. The molecule has 2 fully saturated rings. The van der Waals surface area contributed by atoms with Crippen LogP contribution < -0.4 is 5.32 Å². The van der Waals surface area contributed by atoms with Crippen LogP contribution in [0.15, 0.2) is 30.3 Å². The first-order valence-electron chi connectivity index (χ1n) is 9.79. The molecule has 0 radical (unpaired) electrons. The zero-order valence-electron chi connectivity index (χ0n) is 15.8. The van der Waals surface area contributed by atoms with Gasteiger partial charge in [0.05, 0.1) is 12.1 Å². The lowest BCUT2D eigenvalue weighted by Crippen LogP contribution is -2.59. The fraction of sp³-hybridized carbons (Fsp3) is 0.619. The van der Waals surface area contributed by atoms with E-state index in [1.54, 1.807) is 4.90 Å². The van der Waals surface area contributed by atoms with E-state index in [2.05, 4.69) is 5.32 Å². The first-order valence-corrected chi connectivity index (χ1v) is 9.79. The Kier molecular flexibility index (Phi) is 5.66. The monoisotopic (exact) mass is 358 g/mol. The maximum absolute atomic E-state index is 13.1. The number of carbonyl (C=O) groups is 2. The number of benzene rings is 1. The fourth-order valence-electron chi connectivity index (χ4n) is 4.42. The van der Waals surface area contributed by atoms with Gasteiger partial charge in [0.15, 0.2) is 0 Å². The molecule has 1 saturated carbocycles. The second-order valence-corrected chi connectivity index (χ2v) is 7.94. The third kappa shape index (κ3) is 3.63. The zero-order valence-corrected chi connectivity index (χ0v) is 15.8. The molecule has 1 heterocycles. The van der Waals surface area contributed by atoms with E-state index in [1.165, 1.54) is 6.42 Å². The molecule has 3 atom stereocenters. The maximum Gasteiger partial charge on any atom is 0.245 e. The number of likely N-dealkylation sites (tertiary alicyclic amines) is 1. The number of carbonyl (C=O) groups excluding carboxylic acids is 2. The van der Waals surface area contributed by atoms with Crippen molar-refractivity contribution in [2.45, 2.75) is 82.5 Å². The van der Waals surface area contributed by atoms with Gasteiger partial charge in [0.25, 0.3) is 0 Å². The van der Waals surface area contributed by atoms with Crippen molar-refractivity contribution in [1.82, 2.24) is 10.2 Å². The van der Waals surface area contributed by atoms with Crippen LogP contribution in [0, 0.1) is 0 Å². The van der Waals surface area contributed by atoms with Crippen molar-refractivity contribution in [3.05, 3.63) is 35.9 Å². The largest absolute Gasteiger partial charge is 0.386 e. The number of hydrogen-bond donors (Lipinski definition) is 2. The van der Waals surface area contributed by atoms with Crippen LogP contribution in [0.2, 0.25) is 0 Å². The topological polar surface area (TPSA) is 69.6 Å². The molecule has 0 spiro atoms. The fourth-order valence-corrected chi connectivity index (χ4v) is 4.42. The molecule has 1 unspecified atom stereocenters. The predicted octanol–water partition coefficient (Wildman–Crippen LogP) is 2.94. The smallest absolute Gasteiger partial charge is 0.245 e. The summed E-state index contributed by atoms with van der Waals surface area (Å²) < 4.78 is 0. The van der Waals surface area contributed by atoms with Crippen molar-refractivity contribution in [3.8, 4) is 0 Å².